The number of aliphatic hydroxyl groups excluding tert-OH is 1. The van der Waals surface area contributed by atoms with Crippen LogP contribution in [0.5, 0.6) is 0 Å². The molecule has 0 aliphatic heterocycles. The van der Waals surface area contributed by atoms with Crippen LogP contribution in [0.3, 0.4) is 0 Å². The Bertz CT molecular complexity index is 691. The molecule has 1 amide bonds. The molecular formula is C16H20FN3O3S. The maximum atomic E-state index is 13.8. The first-order chi connectivity index (χ1) is 11.5. The van der Waals surface area contributed by atoms with E-state index in [1.54, 1.807) is 6.07 Å². The summed E-state index contributed by atoms with van der Waals surface area (Å²) in [7, 11) is 1.00. The normalized spacial score (nSPS) is 11.2. The second kappa shape index (κ2) is 9.86. The van der Waals surface area contributed by atoms with Crippen molar-refractivity contribution in [1.29, 1.82) is 0 Å². The second-order valence-electron chi connectivity index (χ2n) is 4.77. The summed E-state index contributed by atoms with van der Waals surface area (Å²) in [6, 6.07) is 3.35. The Morgan fingerprint density at radius 3 is 2.79 bits per heavy atom. The highest BCUT2D eigenvalue weighted by molar-refractivity contribution is 7.04. The van der Waals surface area contributed by atoms with Gasteiger partial charge in [-0.3, -0.25) is 4.79 Å². The maximum absolute atomic E-state index is 13.8. The van der Waals surface area contributed by atoms with Crippen molar-refractivity contribution in [3.05, 3.63) is 40.7 Å². The molecular weight excluding hydrogens is 333 g/mol. The number of hydrogen-bond donors (Lipinski definition) is 3. The zero-order chi connectivity index (χ0) is 18.1. The highest BCUT2D eigenvalue weighted by Crippen LogP contribution is 2.27. The summed E-state index contributed by atoms with van der Waals surface area (Å²) in [5, 5.41) is 11.3. The van der Waals surface area contributed by atoms with Crippen LogP contribution in [0.25, 0.3) is 11.1 Å². The highest BCUT2D eigenvalue weighted by Gasteiger charge is 2.13. The van der Waals surface area contributed by atoms with Crippen LogP contribution in [0.2, 0.25) is 0 Å². The van der Waals surface area contributed by atoms with Crippen molar-refractivity contribution < 1.29 is 19.1 Å². The van der Waals surface area contributed by atoms with Crippen molar-refractivity contribution in [3.8, 4) is 11.1 Å². The standard InChI is InChI=1S/C15H16FN3O2S.CH4O/c1-2-14-13(8-22-19-14)9-3-10(5-11(16)4-9)15(21)18-6-12(17)7-20;1-2/h3-5,7-8,12H,2,6,17H2,1H3,(H,18,21);2H,1H3/t12-;/m1./s1. The van der Waals surface area contributed by atoms with Crippen LogP contribution >= 0.6 is 11.5 Å². The average molecular weight is 353 g/mol. The number of carbonyl (C=O) groups is 2. The number of amides is 1. The first kappa shape index (κ1) is 19.9. The van der Waals surface area contributed by atoms with Gasteiger partial charge in [-0.2, -0.15) is 4.37 Å². The Kier molecular flexibility index (Phi) is 8.17. The number of rotatable bonds is 6. The van der Waals surface area contributed by atoms with E-state index < -0.39 is 17.8 Å². The highest BCUT2D eigenvalue weighted by atomic mass is 32.1. The Hall–Kier alpha value is -2.16. The monoisotopic (exact) mass is 353 g/mol. The summed E-state index contributed by atoms with van der Waals surface area (Å²) in [4.78, 5) is 22.5. The number of benzene rings is 1. The molecule has 130 valence electrons. The fourth-order valence-corrected chi connectivity index (χ4v) is 2.77. The van der Waals surface area contributed by atoms with Gasteiger partial charge in [-0.1, -0.05) is 6.92 Å². The van der Waals surface area contributed by atoms with Gasteiger partial charge in [0.05, 0.1) is 11.7 Å². The van der Waals surface area contributed by atoms with Gasteiger partial charge in [-0.05, 0) is 41.7 Å². The van der Waals surface area contributed by atoms with E-state index in [4.69, 9.17) is 10.8 Å². The van der Waals surface area contributed by atoms with Crippen molar-refractivity contribution in [2.75, 3.05) is 13.7 Å². The Morgan fingerprint density at radius 1 is 1.46 bits per heavy atom. The van der Waals surface area contributed by atoms with Crippen LogP contribution in [-0.2, 0) is 11.2 Å². The minimum Gasteiger partial charge on any atom is -0.400 e. The van der Waals surface area contributed by atoms with E-state index in [2.05, 4.69) is 9.69 Å². The quantitative estimate of drug-likeness (QED) is 0.681. The Labute approximate surface area is 143 Å². The van der Waals surface area contributed by atoms with Crippen molar-refractivity contribution in [1.82, 2.24) is 9.69 Å². The van der Waals surface area contributed by atoms with E-state index in [-0.39, 0.29) is 12.1 Å². The molecule has 0 saturated carbocycles. The number of nitrogens with zero attached hydrogens (tertiary/aromatic N) is 1. The lowest BCUT2D eigenvalue weighted by Crippen LogP contribution is -2.38. The summed E-state index contributed by atoms with van der Waals surface area (Å²) >= 11 is 1.29. The van der Waals surface area contributed by atoms with Gasteiger partial charge in [0.2, 0.25) is 0 Å². The van der Waals surface area contributed by atoms with E-state index in [1.165, 1.54) is 17.6 Å². The Morgan fingerprint density at radius 2 is 2.17 bits per heavy atom. The van der Waals surface area contributed by atoms with E-state index in [9.17, 15) is 14.0 Å². The van der Waals surface area contributed by atoms with Crippen LogP contribution < -0.4 is 11.1 Å². The zero-order valence-corrected chi connectivity index (χ0v) is 14.3. The number of aryl methyl sites for hydroxylation is 1. The molecule has 1 heterocycles. The third-order valence-electron chi connectivity index (χ3n) is 3.12. The smallest absolute Gasteiger partial charge is 0.251 e. The number of nitrogens with one attached hydrogen (secondary N) is 1. The topological polar surface area (TPSA) is 105 Å². The zero-order valence-electron chi connectivity index (χ0n) is 13.5. The van der Waals surface area contributed by atoms with Crippen molar-refractivity contribution in [3.63, 3.8) is 0 Å². The number of halogens is 1. The molecule has 1 aromatic heterocycles. The molecule has 1 atom stereocenters. The number of aromatic nitrogens is 1. The van der Waals surface area contributed by atoms with Crippen molar-refractivity contribution in [2.45, 2.75) is 19.4 Å². The molecule has 4 N–H and O–H groups in total. The third kappa shape index (κ3) is 5.19. The molecule has 2 rings (SSSR count). The summed E-state index contributed by atoms with van der Waals surface area (Å²) in [5.41, 5.74) is 7.89. The number of nitrogens with two attached hydrogens (primary N) is 1. The third-order valence-corrected chi connectivity index (χ3v) is 3.79. The van der Waals surface area contributed by atoms with Crippen LogP contribution in [0, 0.1) is 5.82 Å². The van der Waals surface area contributed by atoms with Gasteiger partial charge in [-0.25, -0.2) is 4.39 Å². The molecule has 0 saturated heterocycles. The van der Waals surface area contributed by atoms with Crippen LogP contribution in [0.4, 0.5) is 4.39 Å². The van der Waals surface area contributed by atoms with E-state index in [0.29, 0.717) is 11.8 Å². The summed E-state index contributed by atoms with van der Waals surface area (Å²) < 4.78 is 18.1. The molecule has 24 heavy (non-hydrogen) atoms. The lowest BCUT2D eigenvalue weighted by molar-refractivity contribution is -0.108. The maximum Gasteiger partial charge on any atom is 0.251 e. The fourth-order valence-electron chi connectivity index (χ4n) is 1.99. The predicted octanol–water partition coefficient (Wildman–Crippen LogP) is 1.38. The van der Waals surface area contributed by atoms with Crippen molar-refractivity contribution >= 4 is 23.7 Å². The van der Waals surface area contributed by atoms with Crippen molar-refractivity contribution in [2.24, 2.45) is 5.73 Å². The van der Waals surface area contributed by atoms with E-state index >= 15 is 0 Å². The lowest BCUT2D eigenvalue weighted by Gasteiger charge is -2.09. The molecule has 0 spiro atoms. The number of carbonyl (C=O) groups excluding carboxylic acids is 2. The largest absolute Gasteiger partial charge is 0.400 e. The first-order valence-electron chi connectivity index (χ1n) is 7.23. The molecule has 1 aromatic carbocycles. The minimum atomic E-state index is -0.773. The second-order valence-corrected chi connectivity index (χ2v) is 5.40. The van der Waals surface area contributed by atoms with Gasteiger partial charge in [0, 0.05) is 30.2 Å². The predicted molar refractivity (Wildman–Crippen MR) is 91.4 cm³/mol. The van der Waals surface area contributed by atoms with Crippen LogP contribution in [0.15, 0.2) is 23.6 Å². The molecule has 0 aliphatic carbocycles. The van der Waals surface area contributed by atoms with Crippen LogP contribution in [-0.4, -0.2) is 41.4 Å². The fraction of sp³-hybridized carbons (Fsp3) is 0.312. The van der Waals surface area contributed by atoms with Crippen LogP contribution in [0.1, 0.15) is 23.0 Å². The number of hydrogen-bond acceptors (Lipinski definition) is 6. The summed E-state index contributed by atoms with van der Waals surface area (Å²) in [6.45, 7) is 1.97. The van der Waals surface area contributed by atoms with E-state index in [1.807, 2.05) is 12.3 Å². The minimum absolute atomic E-state index is 0.00833. The van der Waals surface area contributed by atoms with Gasteiger partial charge in [0.1, 0.15) is 12.1 Å². The molecule has 8 heteroatoms. The van der Waals surface area contributed by atoms with Gasteiger partial charge < -0.3 is 21.0 Å². The molecule has 0 unspecified atom stereocenters. The molecule has 2 aromatic rings. The SMILES string of the molecule is CCc1nscc1-c1cc(F)cc(C(=O)NC[C@@H](N)C=O)c1.CO. The molecule has 0 aliphatic rings. The summed E-state index contributed by atoms with van der Waals surface area (Å²) in [5.74, 6) is -0.977. The lowest BCUT2D eigenvalue weighted by atomic mass is 10.0. The van der Waals surface area contributed by atoms with Gasteiger partial charge >= 0.3 is 0 Å². The summed E-state index contributed by atoms with van der Waals surface area (Å²) in [6.07, 6.45) is 1.27. The Balaban J connectivity index is 0.00000139. The first-order valence-corrected chi connectivity index (χ1v) is 8.06. The number of aliphatic hydroxyl groups is 1. The molecule has 0 bridgehead atoms. The van der Waals surface area contributed by atoms with Gasteiger partial charge in [0.15, 0.2) is 0 Å². The molecule has 6 nitrogen and oxygen atoms in total. The molecule has 0 fully saturated rings. The van der Waals surface area contributed by atoms with Gasteiger partial charge in [-0.15, -0.1) is 0 Å². The van der Waals surface area contributed by atoms with E-state index in [0.717, 1.165) is 30.9 Å². The van der Waals surface area contributed by atoms with Gasteiger partial charge in [0.25, 0.3) is 5.91 Å². The molecule has 0 radical (unpaired) electrons. The number of aldehydes is 1. The average Bonchev–Trinajstić information content (AvgIpc) is 3.09.